The van der Waals surface area contributed by atoms with Gasteiger partial charge in [0, 0.05) is 21.3 Å². The number of halogens is 2. The van der Waals surface area contributed by atoms with Gasteiger partial charge in [-0.1, -0.05) is 48.3 Å². The van der Waals surface area contributed by atoms with Crippen LogP contribution < -0.4 is 4.72 Å². The summed E-state index contributed by atoms with van der Waals surface area (Å²) in [5.41, 5.74) is 2.07. The number of benzene rings is 2. The molecule has 0 bridgehead atoms. The third-order valence-corrected chi connectivity index (χ3v) is 4.96. The van der Waals surface area contributed by atoms with E-state index < -0.39 is 10.0 Å². The molecule has 0 aliphatic rings. The number of sulfonamides is 1. The minimum Gasteiger partial charge on any atom is -0.283 e. The fraction of sp³-hybridized carbons (Fsp3) is 0.200. The minimum absolute atomic E-state index is 0.263. The Morgan fingerprint density at radius 2 is 1.57 bits per heavy atom. The molecule has 6 heteroatoms. The van der Waals surface area contributed by atoms with Crippen LogP contribution in [-0.2, 0) is 22.2 Å². The van der Waals surface area contributed by atoms with E-state index in [4.69, 9.17) is 23.2 Å². The average molecular weight is 344 g/mol. The van der Waals surface area contributed by atoms with Crippen molar-refractivity contribution in [1.82, 2.24) is 0 Å². The van der Waals surface area contributed by atoms with Crippen molar-refractivity contribution < 1.29 is 8.42 Å². The molecule has 0 fully saturated rings. The molecule has 0 aliphatic heterocycles. The van der Waals surface area contributed by atoms with Gasteiger partial charge in [-0.2, -0.15) is 0 Å². The lowest BCUT2D eigenvalue weighted by molar-refractivity contribution is 0.600. The highest BCUT2D eigenvalue weighted by Crippen LogP contribution is 2.26. The van der Waals surface area contributed by atoms with Gasteiger partial charge in [-0.15, -0.1) is 0 Å². The number of hydrogen-bond donors (Lipinski definition) is 1. The van der Waals surface area contributed by atoms with Gasteiger partial charge in [-0.3, -0.25) is 4.72 Å². The average Bonchev–Trinajstić information content (AvgIpc) is 2.43. The van der Waals surface area contributed by atoms with Crippen LogP contribution in [0.3, 0.4) is 0 Å². The van der Waals surface area contributed by atoms with Gasteiger partial charge >= 0.3 is 0 Å². The van der Waals surface area contributed by atoms with Crippen LogP contribution in [0.2, 0.25) is 10.0 Å². The Morgan fingerprint density at radius 1 is 1.00 bits per heavy atom. The molecule has 0 saturated carbocycles. The van der Waals surface area contributed by atoms with Crippen molar-refractivity contribution in [3.63, 3.8) is 0 Å². The van der Waals surface area contributed by atoms with Crippen molar-refractivity contribution in [2.24, 2.45) is 0 Å². The van der Waals surface area contributed by atoms with Crippen molar-refractivity contribution in [3.05, 3.63) is 63.6 Å². The quantitative estimate of drug-likeness (QED) is 0.868. The van der Waals surface area contributed by atoms with Gasteiger partial charge in [0.25, 0.3) is 0 Å². The maximum Gasteiger partial charge on any atom is 0.237 e. The monoisotopic (exact) mass is 343 g/mol. The third kappa shape index (κ3) is 4.37. The molecule has 1 N–H and O–H groups in total. The molecule has 0 saturated heterocycles. The molecule has 0 spiro atoms. The smallest absolute Gasteiger partial charge is 0.237 e. The SMILES string of the molecule is CCc1ccc(NS(=O)(=O)Cc2c(Cl)cccc2Cl)cc1. The Kier molecular flexibility index (Phi) is 5.14. The van der Waals surface area contributed by atoms with Crippen molar-refractivity contribution in [2.75, 3.05) is 4.72 Å². The summed E-state index contributed by atoms with van der Waals surface area (Å²) in [5.74, 6) is -0.263. The van der Waals surface area contributed by atoms with E-state index in [0.717, 1.165) is 12.0 Å². The second-order valence-electron chi connectivity index (χ2n) is 4.61. The standard InChI is InChI=1S/C15H15Cl2NO2S/c1-2-11-6-8-12(9-7-11)18-21(19,20)10-13-14(16)4-3-5-15(13)17/h3-9,18H,2,10H2,1H3. The first-order valence-corrected chi connectivity index (χ1v) is 8.84. The summed E-state index contributed by atoms with van der Waals surface area (Å²) in [7, 11) is -3.57. The summed E-state index contributed by atoms with van der Waals surface area (Å²) < 4.78 is 26.9. The molecule has 0 unspecified atom stereocenters. The number of aryl methyl sites for hydroxylation is 1. The van der Waals surface area contributed by atoms with Crippen LogP contribution in [0, 0.1) is 0 Å². The minimum atomic E-state index is -3.57. The maximum absolute atomic E-state index is 12.2. The van der Waals surface area contributed by atoms with E-state index in [0.29, 0.717) is 21.3 Å². The molecule has 2 aromatic carbocycles. The van der Waals surface area contributed by atoms with E-state index in [2.05, 4.69) is 4.72 Å². The normalized spacial score (nSPS) is 11.4. The Labute approximate surface area is 135 Å². The highest BCUT2D eigenvalue weighted by atomic mass is 35.5. The Balaban J connectivity index is 2.18. The van der Waals surface area contributed by atoms with Crippen LogP contribution in [0.4, 0.5) is 5.69 Å². The molecular formula is C15H15Cl2NO2S. The van der Waals surface area contributed by atoms with E-state index in [9.17, 15) is 8.42 Å². The van der Waals surface area contributed by atoms with Gasteiger partial charge in [-0.05, 0) is 36.2 Å². The molecular weight excluding hydrogens is 329 g/mol. The summed E-state index contributed by atoms with van der Waals surface area (Å²) in [6.07, 6.45) is 0.905. The number of rotatable bonds is 5. The molecule has 0 heterocycles. The van der Waals surface area contributed by atoms with Crippen molar-refractivity contribution in [3.8, 4) is 0 Å². The number of anilines is 1. The van der Waals surface area contributed by atoms with Crippen molar-refractivity contribution >= 4 is 38.9 Å². The van der Waals surface area contributed by atoms with Gasteiger partial charge in [0.2, 0.25) is 10.0 Å². The summed E-state index contributed by atoms with van der Waals surface area (Å²) in [5, 5.41) is 0.684. The molecule has 0 aliphatic carbocycles. The highest BCUT2D eigenvalue weighted by molar-refractivity contribution is 7.91. The molecule has 0 radical (unpaired) electrons. The zero-order valence-corrected chi connectivity index (χ0v) is 13.8. The van der Waals surface area contributed by atoms with E-state index >= 15 is 0 Å². The first-order valence-electron chi connectivity index (χ1n) is 6.43. The van der Waals surface area contributed by atoms with E-state index in [1.807, 2.05) is 19.1 Å². The van der Waals surface area contributed by atoms with Crippen LogP contribution in [0.25, 0.3) is 0 Å². The predicted octanol–water partition coefficient (Wildman–Crippen LogP) is 4.50. The molecule has 0 aromatic heterocycles. The largest absolute Gasteiger partial charge is 0.283 e. The summed E-state index contributed by atoms with van der Waals surface area (Å²) in [4.78, 5) is 0. The summed E-state index contributed by atoms with van der Waals surface area (Å²) in [6, 6.07) is 12.2. The molecule has 112 valence electrons. The second kappa shape index (κ2) is 6.69. The number of hydrogen-bond acceptors (Lipinski definition) is 2. The Morgan fingerprint density at radius 3 is 2.10 bits per heavy atom. The third-order valence-electron chi connectivity index (χ3n) is 3.03. The predicted molar refractivity (Wildman–Crippen MR) is 88.5 cm³/mol. The fourth-order valence-corrected chi connectivity index (χ4v) is 3.83. The highest BCUT2D eigenvalue weighted by Gasteiger charge is 2.16. The lowest BCUT2D eigenvalue weighted by Gasteiger charge is -2.11. The van der Waals surface area contributed by atoms with E-state index in [-0.39, 0.29) is 5.75 Å². The van der Waals surface area contributed by atoms with Crippen molar-refractivity contribution in [1.29, 1.82) is 0 Å². The Hall–Kier alpha value is -1.23. The van der Waals surface area contributed by atoms with Crippen LogP contribution in [0.5, 0.6) is 0 Å². The summed E-state index contributed by atoms with van der Waals surface area (Å²) in [6.45, 7) is 2.04. The van der Waals surface area contributed by atoms with Gasteiger partial charge in [-0.25, -0.2) is 8.42 Å². The van der Waals surface area contributed by atoms with Gasteiger partial charge in [0.05, 0.1) is 5.75 Å². The first kappa shape index (κ1) is 16.1. The van der Waals surface area contributed by atoms with Crippen LogP contribution in [0.1, 0.15) is 18.1 Å². The molecule has 2 rings (SSSR count). The molecule has 0 atom stereocenters. The zero-order valence-electron chi connectivity index (χ0n) is 11.4. The van der Waals surface area contributed by atoms with Crippen LogP contribution >= 0.6 is 23.2 Å². The van der Waals surface area contributed by atoms with Crippen molar-refractivity contribution in [2.45, 2.75) is 19.1 Å². The molecule has 2 aromatic rings. The lowest BCUT2D eigenvalue weighted by atomic mass is 10.2. The fourth-order valence-electron chi connectivity index (χ4n) is 1.88. The number of nitrogens with one attached hydrogen (secondary N) is 1. The van der Waals surface area contributed by atoms with Gasteiger partial charge < -0.3 is 0 Å². The maximum atomic E-state index is 12.2. The van der Waals surface area contributed by atoms with Crippen LogP contribution in [-0.4, -0.2) is 8.42 Å². The molecule has 3 nitrogen and oxygen atoms in total. The lowest BCUT2D eigenvalue weighted by Crippen LogP contribution is -2.15. The first-order chi connectivity index (χ1) is 9.91. The summed E-state index contributed by atoms with van der Waals surface area (Å²) >= 11 is 12.0. The van der Waals surface area contributed by atoms with Gasteiger partial charge in [0.1, 0.15) is 0 Å². The molecule has 21 heavy (non-hydrogen) atoms. The topological polar surface area (TPSA) is 46.2 Å². The van der Waals surface area contributed by atoms with Crippen LogP contribution in [0.15, 0.2) is 42.5 Å². The Bertz CT molecular complexity index is 708. The van der Waals surface area contributed by atoms with E-state index in [1.165, 1.54) is 0 Å². The zero-order chi connectivity index (χ0) is 15.5. The van der Waals surface area contributed by atoms with E-state index in [1.54, 1.807) is 30.3 Å². The van der Waals surface area contributed by atoms with Gasteiger partial charge in [0.15, 0.2) is 0 Å². The molecule has 0 amide bonds. The second-order valence-corrected chi connectivity index (χ2v) is 7.15.